The van der Waals surface area contributed by atoms with E-state index in [0.717, 1.165) is 0 Å². The molecule has 0 unspecified atom stereocenters. The quantitative estimate of drug-likeness (QED) is 0.485. The van der Waals surface area contributed by atoms with Crippen molar-refractivity contribution in [1.29, 1.82) is 0 Å². The Labute approximate surface area is 64.7 Å². The summed E-state index contributed by atoms with van der Waals surface area (Å²) >= 11 is 0. The highest BCUT2D eigenvalue weighted by atomic mass is 16.4. The van der Waals surface area contributed by atoms with Gasteiger partial charge in [0.15, 0.2) is 0 Å². The molecule has 0 bridgehead atoms. The summed E-state index contributed by atoms with van der Waals surface area (Å²) in [5, 5.41) is 8.40. The number of hydrogen-bond donors (Lipinski definition) is 1. The van der Waals surface area contributed by atoms with E-state index < -0.39 is 17.2 Å². The Kier molecular flexibility index (Phi) is 1.81. The summed E-state index contributed by atoms with van der Waals surface area (Å²) in [6.45, 7) is 3.48. The van der Waals surface area contributed by atoms with Crippen molar-refractivity contribution < 1.29 is 14.7 Å². The van der Waals surface area contributed by atoms with Gasteiger partial charge in [-0.15, -0.1) is 6.58 Å². The molecule has 0 saturated heterocycles. The second-order valence-electron chi connectivity index (χ2n) is 2.91. The number of aliphatic carboxylic acids is 1. The van der Waals surface area contributed by atoms with E-state index in [0.29, 0.717) is 19.3 Å². The maximum atomic E-state index is 11.0. The van der Waals surface area contributed by atoms with Crippen LogP contribution in [0.25, 0.3) is 0 Å². The fourth-order valence-corrected chi connectivity index (χ4v) is 1.18. The van der Waals surface area contributed by atoms with Crippen molar-refractivity contribution >= 4 is 11.8 Å². The molecule has 1 rings (SSSR count). The van der Waals surface area contributed by atoms with E-state index in [4.69, 9.17) is 5.11 Å². The lowest BCUT2D eigenvalue weighted by Crippen LogP contribution is -2.24. The third kappa shape index (κ3) is 1.31. The molecule has 0 aliphatic heterocycles. The fraction of sp³-hybridized carbons (Fsp3) is 0.500. The first-order chi connectivity index (χ1) is 5.12. The minimum atomic E-state index is -1.32. The first-order valence-electron chi connectivity index (χ1n) is 3.51. The molecule has 11 heavy (non-hydrogen) atoms. The van der Waals surface area contributed by atoms with Crippen molar-refractivity contribution in [2.45, 2.75) is 19.3 Å². The topological polar surface area (TPSA) is 54.4 Å². The summed E-state index contributed by atoms with van der Waals surface area (Å²) in [7, 11) is 0. The van der Waals surface area contributed by atoms with Crippen LogP contribution >= 0.6 is 0 Å². The van der Waals surface area contributed by atoms with E-state index in [1.54, 1.807) is 6.08 Å². The predicted octanol–water partition coefficient (Wildman–Crippen LogP) is 0.996. The molecule has 1 saturated carbocycles. The Morgan fingerprint density at radius 2 is 2.09 bits per heavy atom. The van der Waals surface area contributed by atoms with Gasteiger partial charge in [0, 0.05) is 5.41 Å². The summed E-state index contributed by atoms with van der Waals surface area (Å²) < 4.78 is 0. The summed E-state index contributed by atoms with van der Waals surface area (Å²) in [5.74, 6) is -1.97. The summed E-state index contributed by atoms with van der Waals surface area (Å²) in [4.78, 5) is 21.2. The highest BCUT2D eigenvalue weighted by Crippen LogP contribution is 2.49. The summed E-state index contributed by atoms with van der Waals surface area (Å²) in [5.41, 5.74) is -0.576. The third-order valence-electron chi connectivity index (χ3n) is 2.06. The minimum Gasteiger partial charge on any atom is -0.475 e. The highest BCUT2D eigenvalue weighted by molar-refractivity contribution is 6.35. The SMILES string of the molecule is C=CCC1(C(=O)C(=O)O)CC1. The lowest BCUT2D eigenvalue weighted by Gasteiger charge is -2.05. The molecule has 3 nitrogen and oxygen atoms in total. The van der Waals surface area contributed by atoms with Crippen LogP contribution in [-0.4, -0.2) is 16.9 Å². The maximum absolute atomic E-state index is 11.0. The van der Waals surface area contributed by atoms with E-state index in [9.17, 15) is 9.59 Å². The van der Waals surface area contributed by atoms with E-state index in [1.165, 1.54) is 0 Å². The van der Waals surface area contributed by atoms with Crippen molar-refractivity contribution in [3.05, 3.63) is 12.7 Å². The van der Waals surface area contributed by atoms with Crippen molar-refractivity contribution in [3.8, 4) is 0 Å². The number of ketones is 1. The van der Waals surface area contributed by atoms with Gasteiger partial charge in [0.05, 0.1) is 0 Å². The number of carboxylic acids is 1. The predicted molar refractivity (Wildman–Crippen MR) is 39.1 cm³/mol. The number of carbonyl (C=O) groups excluding carboxylic acids is 1. The highest BCUT2D eigenvalue weighted by Gasteiger charge is 2.51. The van der Waals surface area contributed by atoms with Crippen LogP contribution in [0.1, 0.15) is 19.3 Å². The third-order valence-corrected chi connectivity index (χ3v) is 2.06. The zero-order chi connectivity index (χ0) is 8.48. The van der Waals surface area contributed by atoms with Crippen LogP contribution in [-0.2, 0) is 9.59 Å². The molecule has 1 aliphatic carbocycles. The smallest absolute Gasteiger partial charge is 0.372 e. The number of Topliss-reactive ketones (excluding diaryl/α,β-unsaturated/α-hetero) is 1. The van der Waals surface area contributed by atoms with Crippen LogP contribution < -0.4 is 0 Å². The molecule has 1 N–H and O–H groups in total. The van der Waals surface area contributed by atoms with Gasteiger partial charge in [-0.25, -0.2) is 4.79 Å². The Morgan fingerprint density at radius 1 is 1.55 bits per heavy atom. The largest absolute Gasteiger partial charge is 0.475 e. The normalized spacial score (nSPS) is 18.9. The van der Waals surface area contributed by atoms with Gasteiger partial charge < -0.3 is 5.11 Å². The van der Waals surface area contributed by atoms with Gasteiger partial charge in [0.25, 0.3) is 0 Å². The molecule has 0 aromatic heterocycles. The molecule has 3 heteroatoms. The second-order valence-corrected chi connectivity index (χ2v) is 2.91. The van der Waals surface area contributed by atoms with Crippen LogP contribution in [0.2, 0.25) is 0 Å². The Balaban J connectivity index is 2.65. The monoisotopic (exact) mass is 154 g/mol. The van der Waals surface area contributed by atoms with Crippen LogP contribution in [0.15, 0.2) is 12.7 Å². The molecular weight excluding hydrogens is 144 g/mol. The molecule has 0 amide bonds. The van der Waals surface area contributed by atoms with Gasteiger partial charge in [-0.2, -0.15) is 0 Å². The number of carboxylic acid groups (broad SMARTS) is 1. The van der Waals surface area contributed by atoms with Crippen LogP contribution in [0, 0.1) is 5.41 Å². The van der Waals surface area contributed by atoms with Gasteiger partial charge in [0.2, 0.25) is 5.78 Å². The van der Waals surface area contributed by atoms with Crippen molar-refractivity contribution in [2.24, 2.45) is 5.41 Å². The zero-order valence-electron chi connectivity index (χ0n) is 6.17. The molecule has 60 valence electrons. The summed E-state index contributed by atoms with van der Waals surface area (Å²) in [6, 6.07) is 0. The van der Waals surface area contributed by atoms with Crippen molar-refractivity contribution in [2.75, 3.05) is 0 Å². The van der Waals surface area contributed by atoms with E-state index in [1.807, 2.05) is 0 Å². The second kappa shape index (κ2) is 2.49. The lowest BCUT2D eigenvalue weighted by molar-refractivity contribution is -0.151. The van der Waals surface area contributed by atoms with Gasteiger partial charge in [-0.3, -0.25) is 4.79 Å². The minimum absolute atomic E-state index is 0.498. The molecule has 0 aromatic carbocycles. The first-order valence-corrected chi connectivity index (χ1v) is 3.51. The maximum Gasteiger partial charge on any atom is 0.372 e. The Hall–Kier alpha value is -1.12. The van der Waals surface area contributed by atoms with Crippen LogP contribution in [0.5, 0.6) is 0 Å². The van der Waals surface area contributed by atoms with E-state index in [2.05, 4.69) is 6.58 Å². The molecule has 0 atom stereocenters. The average Bonchev–Trinajstić information content (AvgIpc) is 2.69. The number of allylic oxidation sites excluding steroid dienone is 1. The number of carbonyl (C=O) groups is 2. The van der Waals surface area contributed by atoms with E-state index >= 15 is 0 Å². The molecular formula is C8H10O3. The first kappa shape index (κ1) is 7.98. The lowest BCUT2D eigenvalue weighted by atomic mass is 9.97. The van der Waals surface area contributed by atoms with Gasteiger partial charge in [-0.1, -0.05) is 6.08 Å². The van der Waals surface area contributed by atoms with Gasteiger partial charge in [-0.05, 0) is 19.3 Å². The zero-order valence-corrected chi connectivity index (χ0v) is 6.17. The van der Waals surface area contributed by atoms with Gasteiger partial charge >= 0.3 is 5.97 Å². The molecule has 0 aromatic rings. The van der Waals surface area contributed by atoms with E-state index in [-0.39, 0.29) is 0 Å². The van der Waals surface area contributed by atoms with Crippen molar-refractivity contribution in [1.82, 2.24) is 0 Å². The fourth-order valence-electron chi connectivity index (χ4n) is 1.18. The molecule has 1 aliphatic rings. The molecule has 0 heterocycles. The average molecular weight is 154 g/mol. The molecule has 1 fully saturated rings. The van der Waals surface area contributed by atoms with Gasteiger partial charge in [0.1, 0.15) is 0 Å². The molecule has 0 spiro atoms. The Morgan fingerprint density at radius 3 is 2.36 bits per heavy atom. The standard InChI is InChI=1S/C8H10O3/c1-2-3-8(4-5-8)6(9)7(10)11/h2H,1,3-5H2,(H,10,11). The summed E-state index contributed by atoms with van der Waals surface area (Å²) in [6.07, 6.45) is 3.50. The Bertz CT molecular complexity index is 213. The number of rotatable bonds is 4. The number of hydrogen-bond acceptors (Lipinski definition) is 2. The van der Waals surface area contributed by atoms with Crippen LogP contribution in [0.3, 0.4) is 0 Å². The molecule has 0 radical (unpaired) electrons. The van der Waals surface area contributed by atoms with Crippen LogP contribution in [0.4, 0.5) is 0 Å². The van der Waals surface area contributed by atoms with Crippen molar-refractivity contribution in [3.63, 3.8) is 0 Å².